The molecule has 2 aromatic heterocycles. The van der Waals surface area contributed by atoms with Crippen molar-refractivity contribution in [3.8, 4) is 11.3 Å². The number of halogens is 1. The van der Waals surface area contributed by atoms with Crippen molar-refractivity contribution in [3.63, 3.8) is 0 Å². The van der Waals surface area contributed by atoms with Crippen molar-refractivity contribution in [1.29, 1.82) is 0 Å². The lowest BCUT2D eigenvalue weighted by molar-refractivity contribution is -0.121. The maximum absolute atomic E-state index is 12.1. The number of fused-ring (bicyclic) bond motifs is 1. The summed E-state index contributed by atoms with van der Waals surface area (Å²) in [5.41, 5.74) is 4.13. The molecule has 1 amide bonds. The smallest absolute Gasteiger partial charge is 0.250 e. The Labute approximate surface area is 203 Å². The monoisotopic (exact) mass is 475 g/mol. The molecule has 0 bridgehead atoms. The van der Waals surface area contributed by atoms with E-state index in [2.05, 4.69) is 20.7 Å². The number of anilines is 2. The normalized spacial score (nSPS) is 11.0. The molecule has 0 unspecified atom stereocenters. The zero-order valence-corrected chi connectivity index (χ0v) is 19.4. The van der Waals surface area contributed by atoms with Crippen molar-refractivity contribution in [2.24, 2.45) is 0 Å². The molecule has 2 heterocycles. The number of nitrogens with zero attached hydrogens (tertiary/aromatic N) is 3. The number of ether oxygens (including phenoxy) is 2. The second-order valence-electron chi connectivity index (χ2n) is 7.49. The Morgan fingerprint density at radius 2 is 2.00 bits per heavy atom. The standard InChI is InChI=1S/C24H23BClN5O3/c1-33-9-10-34-15-23(32)29-17-6-4-5-16(11-17)13-27-22-12-21(18-7-2-3-8-20(18)26)30-24-19(25)14-28-31(22)24/h2-8,11-12,14,27H,9-10,13,15H2,1H3,(H,29,32). The highest BCUT2D eigenvalue weighted by Gasteiger charge is 2.12. The van der Waals surface area contributed by atoms with E-state index >= 15 is 0 Å². The van der Waals surface area contributed by atoms with Gasteiger partial charge in [0.15, 0.2) is 5.65 Å². The van der Waals surface area contributed by atoms with Gasteiger partial charge in [-0.3, -0.25) is 4.79 Å². The van der Waals surface area contributed by atoms with Gasteiger partial charge >= 0.3 is 0 Å². The number of hydrogen-bond donors (Lipinski definition) is 2. The molecule has 2 aromatic carbocycles. The third-order valence-corrected chi connectivity index (χ3v) is 5.33. The first-order chi connectivity index (χ1) is 16.5. The molecule has 34 heavy (non-hydrogen) atoms. The fourth-order valence-electron chi connectivity index (χ4n) is 3.37. The number of benzene rings is 2. The van der Waals surface area contributed by atoms with Crippen LogP contribution in [-0.4, -0.2) is 55.3 Å². The van der Waals surface area contributed by atoms with Gasteiger partial charge in [0.25, 0.3) is 0 Å². The summed E-state index contributed by atoms with van der Waals surface area (Å²) >= 11 is 6.39. The fourth-order valence-corrected chi connectivity index (χ4v) is 3.60. The zero-order valence-electron chi connectivity index (χ0n) is 18.6. The third kappa shape index (κ3) is 5.74. The summed E-state index contributed by atoms with van der Waals surface area (Å²) in [6.07, 6.45) is 1.56. The maximum atomic E-state index is 12.1. The predicted octanol–water partition coefficient (Wildman–Crippen LogP) is 3.06. The first kappa shape index (κ1) is 23.8. The van der Waals surface area contributed by atoms with Gasteiger partial charge in [-0.2, -0.15) is 9.61 Å². The van der Waals surface area contributed by atoms with Gasteiger partial charge in [0.05, 0.1) is 18.9 Å². The van der Waals surface area contributed by atoms with Crippen LogP contribution in [0.25, 0.3) is 16.9 Å². The molecular weight excluding hydrogens is 453 g/mol. The first-order valence-electron chi connectivity index (χ1n) is 10.6. The van der Waals surface area contributed by atoms with Crippen LogP contribution in [0.1, 0.15) is 5.56 Å². The van der Waals surface area contributed by atoms with Crippen molar-refractivity contribution in [2.45, 2.75) is 6.54 Å². The molecule has 4 aromatic rings. The van der Waals surface area contributed by atoms with Crippen LogP contribution in [0.3, 0.4) is 0 Å². The maximum Gasteiger partial charge on any atom is 0.250 e. The number of nitrogens with one attached hydrogen (secondary N) is 2. The largest absolute Gasteiger partial charge is 0.382 e. The van der Waals surface area contributed by atoms with Crippen LogP contribution >= 0.6 is 11.6 Å². The Bertz CT molecular complexity index is 1300. The Hall–Kier alpha value is -3.40. The van der Waals surface area contributed by atoms with E-state index in [1.165, 1.54) is 0 Å². The molecule has 0 spiro atoms. The van der Waals surface area contributed by atoms with Gasteiger partial charge in [0.1, 0.15) is 20.3 Å². The van der Waals surface area contributed by atoms with Gasteiger partial charge < -0.3 is 20.1 Å². The van der Waals surface area contributed by atoms with E-state index in [1.54, 1.807) is 17.8 Å². The lowest BCUT2D eigenvalue weighted by Crippen LogP contribution is -2.19. The summed E-state index contributed by atoms with van der Waals surface area (Å²) < 4.78 is 11.8. The molecule has 0 aliphatic heterocycles. The number of carbonyl (C=O) groups is 1. The highest BCUT2D eigenvalue weighted by molar-refractivity contribution is 6.36. The summed E-state index contributed by atoms with van der Waals surface area (Å²) in [6, 6.07) is 16.9. The SMILES string of the molecule is [B]c1cnn2c(NCc3cccc(NC(=O)COCCOC)c3)cc(-c3ccccc3Cl)nc12. The van der Waals surface area contributed by atoms with E-state index in [4.69, 9.17) is 28.9 Å². The molecule has 0 aliphatic rings. The minimum atomic E-state index is -0.228. The molecule has 10 heteroatoms. The summed E-state index contributed by atoms with van der Waals surface area (Å²) in [5, 5.41) is 11.2. The molecule has 4 rings (SSSR count). The summed E-state index contributed by atoms with van der Waals surface area (Å²) in [4.78, 5) is 16.7. The van der Waals surface area contributed by atoms with Crippen LogP contribution in [0.4, 0.5) is 11.5 Å². The lowest BCUT2D eigenvalue weighted by Gasteiger charge is -2.13. The van der Waals surface area contributed by atoms with Crippen LogP contribution in [0.15, 0.2) is 60.8 Å². The highest BCUT2D eigenvalue weighted by atomic mass is 35.5. The summed E-state index contributed by atoms with van der Waals surface area (Å²) in [7, 11) is 7.67. The Balaban J connectivity index is 1.50. The molecule has 0 aliphatic carbocycles. The van der Waals surface area contributed by atoms with Crippen molar-refractivity contribution in [3.05, 3.63) is 71.4 Å². The Morgan fingerprint density at radius 3 is 2.82 bits per heavy atom. The van der Waals surface area contributed by atoms with E-state index < -0.39 is 0 Å². The molecular formula is C24H23BClN5O3. The first-order valence-corrected chi connectivity index (χ1v) is 11.0. The summed E-state index contributed by atoms with van der Waals surface area (Å²) in [6.45, 7) is 1.25. The minimum Gasteiger partial charge on any atom is -0.382 e. The van der Waals surface area contributed by atoms with Gasteiger partial charge in [0.2, 0.25) is 5.91 Å². The molecule has 172 valence electrons. The van der Waals surface area contributed by atoms with Gasteiger partial charge in [-0.1, -0.05) is 41.9 Å². The number of amides is 1. The van der Waals surface area contributed by atoms with Crippen LogP contribution in [-0.2, 0) is 20.8 Å². The quantitative estimate of drug-likeness (QED) is 0.271. The molecule has 0 atom stereocenters. The van der Waals surface area contributed by atoms with Crippen molar-refractivity contribution in [1.82, 2.24) is 14.6 Å². The lowest BCUT2D eigenvalue weighted by atomic mass is 10.0. The second kappa shape index (κ2) is 11.2. The van der Waals surface area contributed by atoms with Crippen LogP contribution < -0.4 is 16.1 Å². The Kier molecular flexibility index (Phi) is 7.79. The number of hydrogen-bond acceptors (Lipinski definition) is 6. The molecule has 2 radical (unpaired) electrons. The van der Waals surface area contributed by atoms with E-state index in [1.807, 2.05) is 54.6 Å². The van der Waals surface area contributed by atoms with Gasteiger partial charge in [-0.05, 0) is 29.2 Å². The van der Waals surface area contributed by atoms with E-state index in [0.717, 1.165) is 11.1 Å². The predicted molar refractivity (Wildman–Crippen MR) is 134 cm³/mol. The second-order valence-corrected chi connectivity index (χ2v) is 7.90. The van der Waals surface area contributed by atoms with Gasteiger partial charge in [-0.15, -0.1) is 0 Å². The van der Waals surface area contributed by atoms with Gasteiger partial charge in [-0.25, -0.2) is 4.98 Å². The van der Waals surface area contributed by atoms with Crippen molar-refractivity contribution < 1.29 is 14.3 Å². The third-order valence-electron chi connectivity index (χ3n) is 5.00. The van der Waals surface area contributed by atoms with Gasteiger partial charge in [0, 0.05) is 42.2 Å². The van der Waals surface area contributed by atoms with E-state index in [9.17, 15) is 4.79 Å². The topological polar surface area (TPSA) is 89.8 Å². The van der Waals surface area contributed by atoms with Crippen LogP contribution in [0, 0.1) is 0 Å². The number of carbonyl (C=O) groups excluding carboxylic acids is 1. The number of aromatic nitrogens is 3. The van der Waals surface area contributed by atoms with Crippen molar-refractivity contribution >= 4 is 48.0 Å². The minimum absolute atomic E-state index is 0.0353. The zero-order chi connectivity index (χ0) is 23.9. The number of methoxy groups -OCH3 is 1. The van der Waals surface area contributed by atoms with E-state index in [-0.39, 0.29) is 12.5 Å². The molecule has 0 fully saturated rings. The molecule has 2 N–H and O–H groups in total. The van der Waals surface area contributed by atoms with Crippen LogP contribution in [0.5, 0.6) is 0 Å². The molecule has 8 nitrogen and oxygen atoms in total. The number of rotatable bonds is 10. The Morgan fingerprint density at radius 1 is 1.15 bits per heavy atom. The molecule has 0 saturated heterocycles. The molecule has 0 saturated carbocycles. The highest BCUT2D eigenvalue weighted by Crippen LogP contribution is 2.28. The average Bonchev–Trinajstić information content (AvgIpc) is 3.21. The van der Waals surface area contributed by atoms with Crippen LogP contribution in [0.2, 0.25) is 5.02 Å². The van der Waals surface area contributed by atoms with E-state index in [0.29, 0.717) is 53.1 Å². The van der Waals surface area contributed by atoms with Crippen molar-refractivity contribution in [2.75, 3.05) is 37.6 Å². The fraction of sp³-hybridized carbons (Fsp3) is 0.208. The summed E-state index contributed by atoms with van der Waals surface area (Å²) in [5.74, 6) is 0.478. The average molecular weight is 476 g/mol.